The lowest BCUT2D eigenvalue weighted by atomic mass is 10.1. The monoisotopic (exact) mass is 326 g/mol. The number of hydrogen-bond acceptors (Lipinski definition) is 5. The molecule has 0 aromatic heterocycles. The summed E-state index contributed by atoms with van der Waals surface area (Å²) in [7, 11) is 0. The minimum Gasteiger partial charge on any atom is -0.482 e. The number of carboxylic acid groups (broad SMARTS) is 1. The zero-order chi connectivity index (χ0) is 16.9. The Morgan fingerprint density at radius 3 is 2.58 bits per heavy atom. The summed E-state index contributed by atoms with van der Waals surface area (Å²) in [5, 5.41) is 8.55. The van der Waals surface area contributed by atoms with E-state index in [0.717, 1.165) is 5.56 Å². The third-order valence-corrected chi connectivity index (χ3v) is 3.33. The number of aliphatic carboxylic acids is 1. The van der Waals surface area contributed by atoms with Crippen molar-refractivity contribution in [3.63, 3.8) is 0 Å². The highest BCUT2D eigenvalue weighted by Gasteiger charge is 2.15. The first-order chi connectivity index (χ1) is 11.6. The molecule has 1 N–H and O–H groups in total. The first-order valence-corrected chi connectivity index (χ1v) is 7.18. The van der Waals surface area contributed by atoms with E-state index >= 15 is 0 Å². The summed E-state index contributed by atoms with van der Waals surface area (Å²) < 4.78 is 15.5. The van der Waals surface area contributed by atoms with E-state index in [2.05, 4.69) is 0 Å². The van der Waals surface area contributed by atoms with Gasteiger partial charge in [-0.25, -0.2) is 4.79 Å². The minimum atomic E-state index is -1.03. The smallest absolute Gasteiger partial charge is 0.341 e. The number of carbonyl (C=O) groups excluding carboxylic acids is 1. The van der Waals surface area contributed by atoms with E-state index in [0.29, 0.717) is 22.8 Å². The van der Waals surface area contributed by atoms with Gasteiger partial charge in [0.1, 0.15) is 5.75 Å². The van der Waals surface area contributed by atoms with E-state index in [-0.39, 0.29) is 12.6 Å². The van der Waals surface area contributed by atoms with Crippen molar-refractivity contribution in [3.05, 3.63) is 59.7 Å². The first kappa shape index (κ1) is 15.6. The molecule has 0 amide bonds. The van der Waals surface area contributed by atoms with Crippen molar-refractivity contribution in [2.24, 2.45) is 0 Å². The third kappa shape index (κ3) is 3.73. The Morgan fingerprint density at radius 2 is 1.83 bits per heavy atom. The summed E-state index contributed by atoms with van der Waals surface area (Å²) >= 11 is 0. The summed E-state index contributed by atoms with van der Waals surface area (Å²) in [5.41, 5.74) is 1.31. The largest absolute Gasteiger partial charge is 0.482 e. The molecule has 0 unspecified atom stereocenters. The number of ketones is 1. The lowest BCUT2D eigenvalue weighted by Gasteiger charge is -2.03. The fourth-order valence-corrected chi connectivity index (χ4v) is 2.14. The molecule has 1 aliphatic heterocycles. The van der Waals surface area contributed by atoms with Gasteiger partial charge in [-0.05, 0) is 42.0 Å². The molecule has 0 saturated heterocycles. The lowest BCUT2D eigenvalue weighted by Crippen LogP contribution is -2.09. The number of carboxylic acids is 1. The highest BCUT2D eigenvalue weighted by molar-refractivity contribution is 6.07. The number of allylic oxidation sites excluding steroid dienone is 1. The van der Waals surface area contributed by atoms with Crippen molar-refractivity contribution >= 4 is 17.8 Å². The van der Waals surface area contributed by atoms with E-state index in [1.807, 2.05) is 0 Å². The maximum Gasteiger partial charge on any atom is 0.341 e. The molecular weight excluding hydrogens is 312 g/mol. The van der Waals surface area contributed by atoms with Crippen LogP contribution in [0.15, 0.2) is 48.5 Å². The molecule has 0 atom stereocenters. The van der Waals surface area contributed by atoms with Crippen LogP contribution in [-0.4, -0.2) is 30.3 Å². The van der Waals surface area contributed by atoms with E-state index in [4.69, 9.17) is 19.3 Å². The van der Waals surface area contributed by atoms with Gasteiger partial charge in [0.15, 0.2) is 23.9 Å². The predicted octanol–water partition coefficient (Wildman–Crippen LogP) is 2.77. The van der Waals surface area contributed by atoms with Gasteiger partial charge in [-0.1, -0.05) is 18.2 Å². The van der Waals surface area contributed by atoms with Gasteiger partial charge in [0.25, 0.3) is 0 Å². The number of hydrogen-bond donors (Lipinski definition) is 1. The summed E-state index contributed by atoms with van der Waals surface area (Å²) in [4.78, 5) is 22.6. The number of fused-ring (bicyclic) bond motifs is 1. The summed E-state index contributed by atoms with van der Waals surface area (Å²) in [5.74, 6) is 0.464. The van der Waals surface area contributed by atoms with Gasteiger partial charge >= 0.3 is 5.97 Å². The quantitative estimate of drug-likeness (QED) is 0.649. The van der Waals surface area contributed by atoms with Gasteiger partial charge in [0.2, 0.25) is 6.79 Å². The average molecular weight is 326 g/mol. The Bertz CT molecular complexity index is 792. The van der Waals surface area contributed by atoms with Crippen molar-refractivity contribution in [3.8, 4) is 17.2 Å². The zero-order valence-corrected chi connectivity index (χ0v) is 12.6. The number of ether oxygens (including phenoxy) is 3. The maximum atomic E-state index is 12.2. The van der Waals surface area contributed by atoms with Crippen LogP contribution in [0.3, 0.4) is 0 Å². The molecule has 2 aromatic carbocycles. The van der Waals surface area contributed by atoms with Crippen LogP contribution in [0.5, 0.6) is 17.2 Å². The number of carbonyl (C=O) groups is 2. The van der Waals surface area contributed by atoms with Crippen molar-refractivity contribution < 1.29 is 28.9 Å². The van der Waals surface area contributed by atoms with E-state index in [9.17, 15) is 9.59 Å². The van der Waals surface area contributed by atoms with E-state index < -0.39 is 12.6 Å². The second kappa shape index (κ2) is 6.87. The van der Waals surface area contributed by atoms with Crippen molar-refractivity contribution in [2.45, 2.75) is 0 Å². The van der Waals surface area contributed by atoms with Crippen molar-refractivity contribution in [1.29, 1.82) is 0 Å². The van der Waals surface area contributed by atoms with Gasteiger partial charge in [0.05, 0.1) is 0 Å². The molecule has 1 aliphatic rings. The van der Waals surface area contributed by atoms with Crippen LogP contribution in [-0.2, 0) is 4.79 Å². The molecule has 3 rings (SSSR count). The Hall–Kier alpha value is -3.28. The number of rotatable bonds is 6. The van der Waals surface area contributed by atoms with E-state index in [1.54, 1.807) is 48.5 Å². The van der Waals surface area contributed by atoms with Crippen LogP contribution in [0.25, 0.3) is 6.08 Å². The Morgan fingerprint density at radius 1 is 1.08 bits per heavy atom. The molecule has 24 heavy (non-hydrogen) atoms. The average Bonchev–Trinajstić information content (AvgIpc) is 3.06. The van der Waals surface area contributed by atoms with Gasteiger partial charge in [-0.3, -0.25) is 4.79 Å². The molecule has 6 nitrogen and oxygen atoms in total. The topological polar surface area (TPSA) is 82.1 Å². The van der Waals surface area contributed by atoms with Crippen LogP contribution < -0.4 is 14.2 Å². The highest BCUT2D eigenvalue weighted by Crippen LogP contribution is 2.32. The Labute approximate surface area is 137 Å². The molecule has 0 aliphatic carbocycles. The third-order valence-electron chi connectivity index (χ3n) is 3.33. The molecule has 1 heterocycles. The Kier molecular flexibility index (Phi) is 4.47. The normalized spacial score (nSPS) is 12.3. The predicted molar refractivity (Wildman–Crippen MR) is 85.5 cm³/mol. The second-order valence-corrected chi connectivity index (χ2v) is 5.02. The molecular formula is C18H14O6. The SMILES string of the molecule is O=C(O)COc1ccc(C=CC(=O)c2ccc3c(c2)OCO3)cc1. The molecule has 6 heteroatoms. The molecule has 0 spiro atoms. The van der Waals surface area contributed by atoms with Gasteiger partial charge in [-0.2, -0.15) is 0 Å². The lowest BCUT2D eigenvalue weighted by molar-refractivity contribution is -0.139. The standard InChI is InChI=1S/C18H14O6/c19-15(13-4-8-16-17(9-13)24-11-23-16)7-3-12-1-5-14(6-2-12)22-10-18(20)21/h1-9H,10-11H2,(H,20,21). The highest BCUT2D eigenvalue weighted by atomic mass is 16.7. The molecule has 0 bridgehead atoms. The second-order valence-electron chi connectivity index (χ2n) is 5.02. The molecule has 122 valence electrons. The van der Waals surface area contributed by atoms with Crippen LogP contribution in [0.1, 0.15) is 15.9 Å². The maximum absolute atomic E-state index is 12.2. The molecule has 2 aromatic rings. The first-order valence-electron chi connectivity index (χ1n) is 7.18. The van der Waals surface area contributed by atoms with Crippen molar-refractivity contribution in [2.75, 3.05) is 13.4 Å². The summed E-state index contributed by atoms with van der Waals surface area (Å²) in [6.07, 6.45) is 3.14. The van der Waals surface area contributed by atoms with Gasteiger partial charge in [-0.15, -0.1) is 0 Å². The van der Waals surface area contributed by atoms with E-state index in [1.165, 1.54) is 6.08 Å². The van der Waals surface area contributed by atoms with Crippen LogP contribution in [0, 0.1) is 0 Å². The van der Waals surface area contributed by atoms with Crippen LogP contribution in [0.2, 0.25) is 0 Å². The van der Waals surface area contributed by atoms with Crippen molar-refractivity contribution in [1.82, 2.24) is 0 Å². The number of benzene rings is 2. The van der Waals surface area contributed by atoms with Crippen LogP contribution in [0.4, 0.5) is 0 Å². The fourth-order valence-electron chi connectivity index (χ4n) is 2.14. The van der Waals surface area contributed by atoms with Gasteiger partial charge in [0, 0.05) is 5.56 Å². The molecule has 0 radical (unpaired) electrons. The fraction of sp³-hybridized carbons (Fsp3) is 0.111. The molecule has 0 fully saturated rings. The van der Waals surface area contributed by atoms with Gasteiger partial charge < -0.3 is 19.3 Å². The summed E-state index contributed by atoms with van der Waals surface area (Å²) in [6, 6.07) is 11.8. The Balaban J connectivity index is 1.64. The zero-order valence-electron chi connectivity index (χ0n) is 12.6. The minimum absolute atomic E-state index is 0.153. The summed E-state index contributed by atoms with van der Waals surface area (Å²) in [6.45, 7) is -0.225. The molecule has 0 saturated carbocycles. The van der Waals surface area contributed by atoms with Crippen LogP contribution >= 0.6 is 0 Å².